The minimum atomic E-state index is -3.74. The molecule has 0 saturated carbocycles. The highest BCUT2D eigenvalue weighted by molar-refractivity contribution is 7.89. The summed E-state index contributed by atoms with van der Waals surface area (Å²) in [5, 5.41) is 4.45. The van der Waals surface area contributed by atoms with E-state index >= 15 is 0 Å². The van der Waals surface area contributed by atoms with Gasteiger partial charge in [-0.15, -0.1) is 0 Å². The van der Waals surface area contributed by atoms with Crippen molar-refractivity contribution in [1.29, 1.82) is 0 Å². The van der Waals surface area contributed by atoms with Gasteiger partial charge in [0.15, 0.2) is 0 Å². The molecule has 9 heteroatoms. The lowest BCUT2D eigenvalue weighted by molar-refractivity contribution is -0.135. The van der Waals surface area contributed by atoms with Gasteiger partial charge < -0.3 is 9.64 Å². The van der Waals surface area contributed by atoms with E-state index in [4.69, 9.17) is 4.74 Å². The normalized spacial score (nSPS) is 24.3. The third-order valence-electron chi connectivity index (χ3n) is 7.98. The van der Waals surface area contributed by atoms with Crippen LogP contribution in [0.1, 0.15) is 31.2 Å². The summed E-state index contributed by atoms with van der Waals surface area (Å²) in [5.74, 6) is 0.0777. The number of sulfonamides is 1. The molecule has 0 bridgehead atoms. The van der Waals surface area contributed by atoms with Gasteiger partial charge in [-0.25, -0.2) is 8.42 Å². The van der Waals surface area contributed by atoms with E-state index in [0.717, 1.165) is 30.4 Å². The fourth-order valence-electron chi connectivity index (χ4n) is 6.04. The van der Waals surface area contributed by atoms with Crippen LogP contribution in [0.5, 0.6) is 0 Å². The Morgan fingerprint density at radius 2 is 1.81 bits per heavy atom. The standard InChI is InChI=1S/C28H32N4O4S/c33-27-24(19-21-7-2-1-3-8-21)30-28(32(27)20-23-11-6-18-36-23)13-16-31(17-14-28)37(34,35)25-12-4-9-22-10-5-15-29-26(22)25/h1-5,7-10,12,15,23-24,30H,6,11,13-14,16-20H2. The van der Waals surface area contributed by atoms with Crippen LogP contribution in [0.4, 0.5) is 0 Å². The molecule has 3 aliphatic rings. The topological polar surface area (TPSA) is 91.8 Å². The van der Waals surface area contributed by atoms with Crippen molar-refractivity contribution in [2.45, 2.75) is 54.8 Å². The Bertz CT molecular complexity index is 1380. The molecule has 3 aliphatic heterocycles. The van der Waals surface area contributed by atoms with E-state index in [1.165, 1.54) is 0 Å². The number of carbonyl (C=O) groups excluding carboxylic acids is 1. The molecule has 2 unspecified atom stereocenters. The number of hydrogen-bond acceptors (Lipinski definition) is 6. The van der Waals surface area contributed by atoms with E-state index in [1.807, 2.05) is 47.4 Å². The minimum Gasteiger partial charge on any atom is -0.376 e. The number of nitrogens with one attached hydrogen (secondary N) is 1. The third kappa shape index (κ3) is 4.54. The number of amides is 1. The second kappa shape index (κ2) is 9.79. The van der Waals surface area contributed by atoms with Crippen molar-refractivity contribution in [1.82, 2.24) is 19.5 Å². The third-order valence-corrected chi connectivity index (χ3v) is 9.91. The van der Waals surface area contributed by atoms with E-state index in [-0.39, 0.29) is 22.9 Å². The highest BCUT2D eigenvalue weighted by Crippen LogP contribution is 2.36. The lowest BCUT2D eigenvalue weighted by Gasteiger charge is -2.44. The molecule has 8 nitrogen and oxygen atoms in total. The fraction of sp³-hybridized carbons (Fsp3) is 0.429. The van der Waals surface area contributed by atoms with Crippen molar-refractivity contribution in [3.05, 3.63) is 72.4 Å². The Balaban J connectivity index is 1.25. The molecule has 2 aromatic carbocycles. The van der Waals surface area contributed by atoms with Gasteiger partial charge in [-0.05, 0) is 49.8 Å². The zero-order valence-electron chi connectivity index (χ0n) is 20.8. The van der Waals surface area contributed by atoms with Gasteiger partial charge in [0.05, 0.1) is 23.3 Å². The van der Waals surface area contributed by atoms with Crippen LogP contribution >= 0.6 is 0 Å². The van der Waals surface area contributed by atoms with E-state index in [0.29, 0.717) is 44.4 Å². The lowest BCUT2D eigenvalue weighted by atomic mass is 9.96. The van der Waals surface area contributed by atoms with E-state index in [9.17, 15) is 13.2 Å². The molecule has 2 atom stereocenters. The smallest absolute Gasteiger partial charge is 0.245 e. The molecule has 1 amide bonds. The molecule has 3 fully saturated rings. The molecule has 1 N–H and O–H groups in total. The van der Waals surface area contributed by atoms with Gasteiger partial charge in [-0.1, -0.05) is 48.5 Å². The van der Waals surface area contributed by atoms with Crippen LogP contribution in [-0.2, 0) is 26.0 Å². The predicted octanol–water partition coefficient (Wildman–Crippen LogP) is 2.94. The van der Waals surface area contributed by atoms with Gasteiger partial charge in [0.1, 0.15) is 4.90 Å². The summed E-state index contributed by atoms with van der Waals surface area (Å²) in [7, 11) is -3.74. The summed E-state index contributed by atoms with van der Waals surface area (Å²) < 4.78 is 34.8. The predicted molar refractivity (Wildman–Crippen MR) is 140 cm³/mol. The van der Waals surface area contributed by atoms with Gasteiger partial charge in [0, 0.05) is 37.8 Å². The van der Waals surface area contributed by atoms with Crippen LogP contribution in [0.15, 0.2) is 71.8 Å². The average molecular weight is 521 g/mol. The van der Waals surface area contributed by atoms with Crippen molar-refractivity contribution in [3.63, 3.8) is 0 Å². The van der Waals surface area contributed by atoms with Crippen molar-refractivity contribution in [2.75, 3.05) is 26.2 Å². The summed E-state index contributed by atoms with van der Waals surface area (Å²) >= 11 is 0. The number of nitrogens with zero attached hydrogens (tertiary/aromatic N) is 3. The van der Waals surface area contributed by atoms with E-state index in [1.54, 1.807) is 28.7 Å². The Morgan fingerprint density at radius 3 is 2.57 bits per heavy atom. The Kier molecular flexibility index (Phi) is 6.48. The molecular weight excluding hydrogens is 488 g/mol. The number of pyridine rings is 1. The average Bonchev–Trinajstić information content (AvgIpc) is 3.52. The van der Waals surface area contributed by atoms with Crippen LogP contribution in [0.3, 0.4) is 0 Å². The Hall–Kier alpha value is -2.85. The SMILES string of the molecule is O=C1C(Cc2ccccc2)NC2(CCN(S(=O)(=O)c3cccc4cccnc34)CC2)N1CC1CCCO1. The molecule has 4 heterocycles. The number of para-hydroxylation sites is 1. The number of benzene rings is 2. The first-order valence-corrected chi connectivity index (χ1v) is 14.5. The maximum atomic E-state index is 13.7. The summed E-state index contributed by atoms with van der Waals surface area (Å²) in [6.45, 7) is 1.92. The highest BCUT2D eigenvalue weighted by Gasteiger charge is 2.53. The monoisotopic (exact) mass is 520 g/mol. The van der Waals surface area contributed by atoms with Gasteiger partial charge in [-0.3, -0.25) is 15.1 Å². The number of aromatic nitrogens is 1. The van der Waals surface area contributed by atoms with Crippen molar-refractivity contribution in [3.8, 4) is 0 Å². The second-order valence-electron chi connectivity index (χ2n) is 10.2. The number of fused-ring (bicyclic) bond motifs is 1. The number of rotatable bonds is 6. The van der Waals surface area contributed by atoms with E-state index < -0.39 is 15.7 Å². The van der Waals surface area contributed by atoms with Gasteiger partial charge in [0.25, 0.3) is 0 Å². The van der Waals surface area contributed by atoms with Gasteiger partial charge in [-0.2, -0.15) is 4.31 Å². The maximum absolute atomic E-state index is 13.7. The second-order valence-corrected chi connectivity index (χ2v) is 12.1. The van der Waals surface area contributed by atoms with E-state index in [2.05, 4.69) is 10.3 Å². The van der Waals surface area contributed by atoms with Crippen molar-refractivity contribution < 1.29 is 17.9 Å². The molecule has 6 rings (SSSR count). The molecule has 3 aromatic rings. The lowest BCUT2D eigenvalue weighted by Crippen LogP contribution is -2.60. The fourth-order valence-corrected chi connectivity index (χ4v) is 7.65. The molecule has 0 aliphatic carbocycles. The number of hydrogen-bond donors (Lipinski definition) is 1. The first-order valence-electron chi connectivity index (χ1n) is 13.0. The van der Waals surface area contributed by atoms with Gasteiger partial charge in [0.2, 0.25) is 15.9 Å². The Labute approximate surface area is 217 Å². The zero-order valence-corrected chi connectivity index (χ0v) is 21.6. The highest BCUT2D eigenvalue weighted by atomic mass is 32.2. The molecular formula is C28H32N4O4S. The first-order chi connectivity index (χ1) is 18.0. The summed E-state index contributed by atoms with van der Waals surface area (Å²) in [4.78, 5) is 20.2. The number of ether oxygens (including phenoxy) is 1. The quantitative estimate of drug-likeness (QED) is 0.538. The molecule has 1 spiro atoms. The minimum absolute atomic E-state index is 0.0293. The molecule has 3 saturated heterocycles. The molecule has 194 valence electrons. The number of carbonyl (C=O) groups is 1. The van der Waals surface area contributed by atoms with Gasteiger partial charge >= 0.3 is 0 Å². The molecule has 1 aromatic heterocycles. The van der Waals surface area contributed by atoms with Crippen LogP contribution in [0.2, 0.25) is 0 Å². The van der Waals surface area contributed by atoms with Crippen molar-refractivity contribution >= 4 is 26.8 Å². The van der Waals surface area contributed by atoms with Crippen LogP contribution in [0, 0.1) is 0 Å². The largest absolute Gasteiger partial charge is 0.376 e. The van der Waals surface area contributed by atoms with Crippen LogP contribution in [-0.4, -0.2) is 72.6 Å². The molecule has 37 heavy (non-hydrogen) atoms. The number of piperidine rings is 1. The van der Waals surface area contributed by atoms with Crippen molar-refractivity contribution in [2.24, 2.45) is 0 Å². The molecule has 0 radical (unpaired) electrons. The van der Waals surface area contributed by atoms with Crippen LogP contribution in [0.25, 0.3) is 10.9 Å². The Morgan fingerprint density at radius 1 is 1.03 bits per heavy atom. The summed E-state index contributed by atoms with van der Waals surface area (Å²) in [6, 6.07) is 18.6. The maximum Gasteiger partial charge on any atom is 0.245 e. The summed E-state index contributed by atoms with van der Waals surface area (Å²) in [6.07, 6.45) is 5.25. The zero-order chi connectivity index (χ0) is 25.5. The van der Waals surface area contributed by atoms with Crippen LogP contribution < -0.4 is 5.32 Å². The first kappa shape index (κ1) is 24.5. The summed E-state index contributed by atoms with van der Waals surface area (Å²) in [5.41, 5.74) is 1.01.